The van der Waals surface area contributed by atoms with Gasteiger partial charge in [-0.05, 0) is 45.8 Å². The van der Waals surface area contributed by atoms with Crippen LogP contribution in [-0.4, -0.2) is 7.11 Å². The molecule has 96 valence electrons. The molecule has 0 aliphatic carbocycles. The van der Waals surface area contributed by atoms with E-state index >= 15 is 0 Å². The summed E-state index contributed by atoms with van der Waals surface area (Å²) in [5.41, 5.74) is 1.60. The molecule has 0 atom stereocenters. The third-order valence-corrected chi connectivity index (χ3v) is 3.46. The summed E-state index contributed by atoms with van der Waals surface area (Å²) >= 11 is 3.37. The maximum Gasteiger partial charge on any atom is 0.135 e. The van der Waals surface area contributed by atoms with E-state index in [-0.39, 0.29) is 0 Å². The molecule has 0 saturated heterocycles. The normalized spacial score (nSPS) is 9.74. The number of hydrogen-bond acceptors (Lipinski definition) is 3. The summed E-state index contributed by atoms with van der Waals surface area (Å²) in [4.78, 5) is 0. The second-order valence-corrected chi connectivity index (χ2v) is 4.66. The lowest BCUT2D eigenvalue weighted by Crippen LogP contribution is -1.97. The fourth-order valence-corrected chi connectivity index (χ4v) is 2.06. The lowest BCUT2D eigenvalue weighted by molar-refractivity contribution is 0.304. The average molecular weight is 318 g/mol. The number of methoxy groups -OCH3 is 1. The van der Waals surface area contributed by atoms with Crippen LogP contribution >= 0.6 is 15.9 Å². The standard InChI is InChI=1S/C15H12BrNO2/c1-18-13-7-5-11(6-8-13)10-19-14-4-2-3-12(9-17)15(14)16/h2-8H,10H2,1H3. The molecular formula is C15H12BrNO2. The van der Waals surface area contributed by atoms with Crippen molar-refractivity contribution < 1.29 is 9.47 Å². The lowest BCUT2D eigenvalue weighted by Gasteiger charge is -2.09. The van der Waals surface area contributed by atoms with Crippen LogP contribution in [-0.2, 0) is 6.61 Å². The Morgan fingerprint density at radius 1 is 1.16 bits per heavy atom. The molecule has 0 N–H and O–H groups in total. The van der Waals surface area contributed by atoms with Crippen molar-refractivity contribution >= 4 is 15.9 Å². The Kier molecular flexibility index (Phi) is 4.43. The summed E-state index contributed by atoms with van der Waals surface area (Å²) in [7, 11) is 1.63. The Morgan fingerprint density at radius 3 is 2.53 bits per heavy atom. The van der Waals surface area contributed by atoms with Crippen molar-refractivity contribution in [3.05, 3.63) is 58.1 Å². The first-order valence-electron chi connectivity index (χ1n) is 5.69. The van der Waals surface area contributed by atoms with Gasteiger partial charge in [-0.15, -0.1) is 0 Å². The SMILES string of the molecule is COc1ccc(COc2cccc(C#N)c2Br)cc1. The minimum absolute atomic E-state index is 0.442. The fourth-order valence-electron chi connectivity index (χ4n) is 1.59. The topological polar surface area (TPSA) is 42.2 Å². The van der Waals surface area contributed by atoms with Gasteiger partial charge in [-0.1, -0.05) is 18.2 Å². The van der Waals surface area contributed by atoms with Gasteiger partial charge in [0.1, 0.15) is 24.2 Å². The Hall–Kier alpha value is -1.99. The summed E-state index contributed by atoms with van der Waals surface area (Å²) < 4.78 is 11.5. The van der Waals surface area contributed by atoms with Crippen LogP contribution in [0, 0.1) is 11.3 Å². The Bertz CT molecular complexity index is 603. The van der Waals surface area contributed by atoms with Crippen molar-refractivity contribution in [2.75, 3.05) is 7.11 Å². The first-order chi connectivity index (χ1) is 9.24. The van der Waals surface area contributed by atoms with Gasteiger partial charge >= 0.3 is 0 Å². The van der Waals surface area contributed by atoms with Crippen molar-refractivity contribution in [3.8, 4) is 17.6 Å². The van der Waals surface area contributed by atoms with Gasteiger partial charge in [0, 0.05) is 0 Å². The van der Waals surface area contributed by atoms with E-state index in [0.29, 0.717) is 22.4 Å². The highest BCUT2D eigenvalue weighted by atomic mass is 79.9. The summed E-state index contributed by atoms with van der Waals surface area (Å²) in [6.45, 7) is 0.442. The van der Waals surface area contributed by atoms with Crippen molar-refractivity contribution in [3.63, 3.8) is 0 Å². The predicted molar refractivity (Wildman–Crippen MR) is 76.2 cm³/mol. The Labute approximate surface area is 120 Å². The first kappa shape index (κ1) is 13.4. The molecule has 2 aromatic rings. The molecule has 0 aliphatic rings. The summed E-state index contributed by atoms with van der Waals surface area (Å²) in [6.07, 6.45) is 0. The molecule has 0 radical (unpaired) electrons. The van der Waals surface area contributed by atoms with Crippen LogP contribution in [0.2, 0.25) is 0 Å². The molecule has 2 aromatic carbocycles. The molecule has 2 rings (SSSR count). The monoisotopic (exact) mass is 317 g/mol. The molecule has 4 heteroatoms. The van der Waals surface area contributed by atoms with Gasteiger partial charge in [-0.3, -0.25) is 0 Å². The van der Waals surface area contributed by atoms with Crippen LogP contribution in [0.3, 0.4) is 0 Å². The average Bonchev–Trinajstić information content (AvgIpc) is 2.47. The van der Waals surface area contributed by atoms with Crippen LogP contribution in [0.5, 0.6) is 11.5 Å². The van der Waals surface area contributed by atoms with Gasteiger partial charge < -0.3 is 9.47 Å². The van der Waals surface area contributed by atoms with Gasteiger partial charge in [-0.25, -0.2) is 0 Å². The van der Waals surface area contributed by atoms with Crippen LogP contribution in [0.15, 0.2) is 46.9 Å². The van der Waals surface area contributed by atoms with E-state index in [2.05, 4.69) is 22.0 Å². The number of halogens is 1. The van der Waals surface area contributed by atoms with Crippen LogP contribution < -0.4 is 9.47 Å². The number of nitrogens with zero attached hydrogens (tertiary/aromatic N) is 1. The number of ether oxygens (including phenoxy) is 2. The largest absolute Gasteiger partial charge is 0.497 e. The van der Waals surface area contributed by atoms with E-state index in [9.17, 15) is 0 Å². The van der Waals surface area contributed by atoms with E-state index in [1.165, 1.54) is 0 Å². The molecule has 0 heterocycles. The first-order valence-corrected chi connectivity index (χ1v) is 6.48. The molecule has 19 heavy (non-hydrogen) atoms. The quantitative estimate of drug-likeness (QED) is 0.858. The van der Waals surface area contributed by atoms with Gasteiger partial charge in [-0.2, -0.15) is 5.26 Å². The third-order valence-electron chi connectivity index (χ3n) is 2.64. The molecule has 0 aliphatic heterocycles. The highest BCUT2D eigenvalue weighted by Crippen LogP contribution is 2.28. The zero-order valence-electron chi connectivity index (χ0n) is 10.4. The molecule has 0 fully saturated rings. The molecule has 0 spiro atoms. The van der Waals surface area contributed by atoms with Gasteiger partial charge in [0.05, 0.1) is 17.1 Å². The number of nitriles is 1. The lowest BCUT2D eigenvalue weighted by atomic mass is 10.2. The maximum absolute atomic E-state index is 8.94. The molecule has 0 unspecified atom stereocenters. The smallest absolute Gasteiger partial charge is 0.135 e. The zero-order chi connectivity index (χ0) is 13.7. The van der Waals surface area contributed by atoms with Crippen molar-refractivity contribution in [1.82, 2.24) is 0 Å². The van der Waals surface area contributed by atoms with Crippen LogP contribution in [0.25, 0.3) is 0 Å². The van der Waals surface area contributed by atoms with E-state index in [1.54, 1.807) is 19.2 Å². The Morgan fingerprint density at radius 2 is 1.89 bits per heavy atom. The van der Waals surface area contributed by atoms with Gasteiger partial charge in [0.15, 0.2) is 0 Å². The molecule has 0 bridgehead atoms. The predicted octanol–water partition coefficient (Wildman–Crippen LogP) is 3.91. The number of hydrogen-bond donors (Lipinski definition) is 0. The van der Waals surface area contributed by atoms with E-state index in [1.807, 2.05) is 30.3 Å². The van der Waals surface area contributed by atoms with Crippen LogP contribution in [0.4, 0.5) is 0 Å². The number of rotatable bonds is 4. The highest BCUT2D eigenvalue weighted by molar-refractivity contribution is 9.10. The molecule has 0 amide bonds. The molecule has 0 saturated carbocycles. The molecule has 3 nitrogen and oxygen atoms in total. The van der Waals surface area contributed by atoms with Gasteiger partial charge in [0.2, 0.25) is 0 Å². The zero-order valence-corrected chi connectivity index (χ0v) is 12.0. The third kappa shape index (κ3) is 3.27. The second kappa shape index (κ2) is 6.26. The second-order valence-electron chi connectivity index (χ2n) is 3.87. The van der Waals surface area contributed by atoms with E-state index in [0.717, 1.165) is 11.3 Å². The van der Waals surface area contributed by atoms with Crippen molar-refractivity contribution in [1.29, 1.82) is 5.26 Å². The maximum atomic E-state index is 8.94. The van der Waals surface area contributed by atoms with Crippen LogP contribution in [0.1, 0.15) is 11.1 Å². The van der Waals surface area contributed by atoms with Gasteiger partial charge in [0.25, 0.3) is 0 Å². The summed E-state index contributed by atoms with van der Waals surface area (Å²) in [5.74, 6) is 1.48. The van der Waals surface area contributed by atoms with E-state index < -0.39 is 0 Å². The summed E-state index contributed by atoms with van der Waals surface area (Å²) in [6, 6.07) is 15.1. The van der Waals surface area contributed by atoms with Crippen molar-refractivity contribution in [2.24, 2.45) is 0 Å². The fraction of sp³-hybridized carbons (Fsp3) is 0.133. The summed E-state index contributed by atoms with van der Waals surface area (Å²) in [5, 5.41) is 8.94. The minimum Gasteiger partial charge on any atom is -0.497 e. The minimum atomic E-state index is 0.442. The van der Waals surface area contributed by atoms with E-state index in [4.69, 9.17) is 14.7 Å². The molecule has 0 aromatic heterocycles. The van der Waals surface area contributed by atoms with Crippen molar-refractivity contribution in [2.45, 2.75) is 6.61 Å². The molecular weight excluding hydrogens is 306 g/mol. The highest BCUT2D eigenvalue weighted by Gasteiger charge is 2.06. The Balaban J connectivity index is 2.08. The number of benzene rings is 2.